The number of rotatable bonds is 7. The molecular weight excluding hydrogens is 298 g/mol. The van der Waals surface area contributed by atoms with Crippen LogP contribution in [0.15, 0.2) is 24.3 Å². The predicted octanol–water partition coefficient (Wildman–Crippen LogP) is 3.98. The summed E-state index contributed by atoms with van der Waals surface area (Å²) in [4.78, 5) is 14.5. The van der Waals surface area contributed by atoms with Gasteiger partial charge in [0.2, 0.25) is 0 Å². The van der Waals surface area contributed by atoms with Crippen molar-refractivity contribution in [1.29, 1.82) is 0 Å². The summed E-state index contributed by atoms with van der Waals surface area (Å²) in [6.45, 7) is 6.60. The van der Waals surface area contributed by atoms with E-state index in [1.54, 1.807) is 0 Å². The van der Waals surface area contributed by atoms with Gasteiger partial charge in [-0.25, -0.2) is 0 Å². The molecule has 3 nitrogen and oxygen atoms in total. The maximum absolute atomic E-state index is 12.4. The van der Waals surface area contributed by atoms with Gasteiger partial charge in [0.15, 0.2) is 0 Å². The first-order valence-electron chi connectivity index (χ1n) is 9.57. The molecular formula is C21H31NO2. The highest BCUT2D eigenvalue weighted by atomic mass is 16.5. The number of benzene rings is 1. The van der Waals surface area contributed by atoms with Crippen LogP contribution in [0, 0.1) is 18.8 Å². The smallest absolute Gasteiger partial charge is 0.251 e. The normalized spacial score (nSPS) is 20.2. The lowest BCUT2D eigenvalue weighted by Crippen LogP contribution is -2.44. The maximum atomic E-state index is 12.4. The van der Waals surface area contributed by atoms with Gasteiger partial charge in [-0.3, -0.25) is 4.79 Å². The number of ether oxygens (including phenoxy) is 1. The molecule has 0 aromatic heterocycles. The summed E-state index contributed by atoms with van der Waals surface area (Å²) >= 11 is 0. The number of hydrogen-bond donors (Lipinski definition) is 0. The fourth-order valence-electron chi connectivity index (χ4n) is 3.46. The van der Waals surface area contributed by atoms with Crippen LogP contribution in [0.3, 0.4) is 0 Å². The topological polar surface area (TPSA) is 29.5 Å². The van der Waals surface area contributed by atoms with E-state index in [2.05, 4.69) is 31.2 Å². The molecule has 3 heteroatoms. The summed E-state index contributed by atoms with van der Waals surface area (Å²) in [5.41, 5.74) is 2.75. The van der Waals surface area contributed by atoms with Crippen molar-refractivity contribution < 1.29 is 9.53 Å². The first-order chi connectivity index (χ1) is 11.6. The largest absolute Gasteiger partial charge is 0.368 e. The Kier molecular flexibility index (Phi) is 5.94. The van der Waals surface area contributed by atoms with Crippen LogP contribution in [-0.2, 0) is 16.0 Å². The summed E-state index contributed by atoms with van der Waals surface area (Å²) in [5.74, 6) is 1.65. The number of carbonyl (C=O) groups excluding carboxylic acids is 1. The van der Waals surface area contributed by atoms with Crippen molar-refractivity contribution >= 4 is 5.91 Å². The van der Waals surface area contributed by atoms with Gasteiger partial charge >= 0.3 is 0 Å². The standard InChI is InChI=1S/C21H31NO2/c1-16-3-5-18(6-4-16)7-8-19-11-13-22(14-12-19)21(23)17(2)24-15-20-9-10-20/h3-6,17,19-20H,7-15H2,1-2H3. The van der Waals surface area contributed by atoms with Crippen LogP contribution in [0.4, 0.5) is 0 Å². The maximum Gasteiger partial charge on any atom is 0.251 e. The van der Waals surface area contributed by atoms with Gasteiger partial charge in [0, 0.05) is 13.1 Å². The summed E-state index contributed by atoms with van der Waals surface area (Å²) in [6.07, 6.45) is 6.92. The Morgan fingerprint density at radius 2 is 1.79 bits per heavy atom. The highest BCUT2D eigenvalue weighted by Gasteiger charge is 2.28. The number of nitrogens with zero attached hydrogens (tertiary/aromatic N) is 1. The van der Waals surface area contributed by atoms with E-state index in [9.17, 15) is 4.79 Å². The molecule has 2 aliphatic rings. The molecule has 1 aromatic rings. The Bertz CT molecular complexity index is 527. The molecule has 0 bridgehead atoms. The number of piperidine rings is 1. The van der Waals surface area contributed by atoms with Crippen LogP contribution in [0.1, 0.15) is 50.2 Å². The van der Waals surface area contributed by atoms with Crippen molar-refractivity contribution in [3.05, 3.63) is 35.4 Å². The van der Waals surface area contributed by atoms with Gasteiger partial charge in [0.1, 0.15) is 6.10 Å². The zero-order valence-electron chi connectivity index (χ0n) is 15.2. The third-order valence-corrected chi connectivity index (χ3v) is 5.51. The first-order valence-corrected chi connectivity index (χ1v) is 9.57. The lowest BCUT2D eigenvalue weighted by Gasteiger charge is -2.33. The van der Waals surface area contributed by atoms with Crippen LogP contribution < -0.4 is 0 Å². The second-order valence-electron chi connectivity index (χ2n) is 7.71. The summed E-state index contributed by atoms with van der Waals surface area (Å²) in [5, 5.41) is 0. The van der Waals surface area contributed by atoms with Crippen LogP contribution in [0.2, 0.25) is 0 Å². The second kappa shape index (κ2) is 8.15. The molecule has 1 amide bonds. The molecule has 1 heterocycles. The quantitative estimate of drug-likeness (QED) is 0.757. The number of amides is 1. The average molecular weight is 329 g/mol. The number of aryl methyl sites for hydroxylation is 2. The van der Waals surface area contributed by atoms with E-state index in [-0.39, 0.29) is 12.0 Å². The average Bonchev–Trinajstić information content (AvgIpc) is 3.43. The highest BCUT2D eigenvalue weighted by molar-refractivity contribution is 5.80. The van der Waals surface area contributed by atoms with E-state index in [4.69, 9.17) is 4.74 Å². The third-order valence-electron chi connectivity index (χ3n) is 5.51. The van der Waals surface area contributed by atoms with Gasteiger partial charge in [0.25, 0.3) is 5.91 Å². The third kappa shape index (κ3) is 5.07. The monoisotopic (exact) mass is 329 g/mol. The van der Waals surface area contributed by atoms with Crippen LogP contribution in [0.25, 0.3) is 0 Å². The van der Waals surface area contributed by atoms with Crippen molar-refractivity contribution in [1.82, 2.24) is 4.90 Å². The Labute approximate surface area is 146 Å². The zero-order chi connectivity index (χ0) is 16.9. The summed E-state index contributed by atoms with van der Waals surface area (Å²) < 4.78 is 5.73. The molecule has 1 aliphatic heterocycles. The van der Waals surface area contributed by atoms with Gasteiger partial charge in [-0.1, -0.05) is 29.8 Å². The lowest BCUT2D eigenvalue weighted by molar-refractivity contribution is -0.144. The minimum atomic E-state index is -0.269. The molecule has 1 atom stereocenters. The van der Waals surface area contributed by atoms with E-state index in [1.165, 1.54) is 30.4 Å². The molecule has 0 radical (unpaired) electrons. The number of likely N-dealkylation sites (tertiary alicyclic amines) is 1. The lowest BCUT2D eigenvalue weighted by atomic mass is 9.90. The minimum absolute atomic E-state index is 0.188. The van der Waals surface area contributed by atoms with Crippen LogP contribution in [0.5, 0.6) is 0 Å². The molecule has 3 rings (SSSR count). The molecule has 1 unspecified atom stereocenters. The Balaban J connectivity index is 1.36. The van der Waals surface area contributed by atoms with Crippen molar-refractivity contribution in [2.75, 3.05) is 19.7 Å². The highest BCUT2D eigenvalue weighted by Crippen LogP contribution is 2.29. The SMILES string of the molecule is Cc1ccc(CCC2CCN(C(=O)C(C)OCC3CC3)CC2)cc1. The zero-order valence-corrected chi connectivity index (χ0v) is 15.2. The van der Waals surface area contributed by atoms with Gasteiger partial charge < -0.3 is 9.64 Å². The van der Waals surface area contributed by atoms with Gasteiger partial charge in [-0.2, -0.15) is 0 Å². The van der Waals surface area contributed by atoms with E-state index in [0.717, 1.165) is 44.9 Å². The molecule has 1 aromatic carbocycles. The predicted molar refractivity (Wildman–Crippen MR) is 96.9 cm³/mol. The molecule has 132 valence electrons. The van der Waals surface area contributed by atoms with E-state index >= 15 is 0 Å². The molecule has 1 aliphatic carbocycles. The van der Waals surface area contributed by atoms with Gasteiger partial charge in [-0.15, -0.1) is 0 Å². The van der Waals surface area contributed by atoms with Crippen molar-refractivity contribution in [2.45, 2.75) is 58.5 Å². The number of carbonyl (C=O) groups is 1. The van der Waals surface area contributed by atoms with Gasteiger partial charge in [0.05, 0.1) is 6.61 Å². The van der Waals surface area contributed by atoms with Crippen molar-refractivity contribution in [3.63, 3.8) is 0 Å². The van der Waals surface area contributed by atoms with Gasteiger partial charge in [-0.05, 0) is 69.8 Å². The second-order valence-corrected chi connectivity index (χ2v) is 7.71. The molecule has 2 fully saturated rings. The fourth-order valence-corrected chi connectivity index (χ4v) is 3.46. The summed E-state index contributed by atoms with van der Waals surface area (Å²) in [6, 6.07) is 8.87. The van der Waals surface area contributed by atoms with E-state index in [0.29, 0.717) is 5.92 Å². The molecule has 0 spiro atoms. The summed E-state index contributed by atoms with van der Waals surface area (Å²) in [7, 11) is 0. The minimum Gasteiger partial charge on any atom is -0.368 e. The van der Waals surface area contributed by atoms with Crippen LogP contribution >= 0.6 is 0 Å². The Morgan fingerprint density at radius 1 is 1.12 bits per heavy atom. The molecule has 0 N–H and O–H groups in total. The van der Waals surface area contributed by atoms with Crippen molar-refractivity contribution in [3.8, 4) is 0 Å². The van der Waals surface area contributed by atoms with Crippen molar-refractivity contribution in [2.24, 2.45) is 11.8 Å². The number of hydrogen-bond acceptors (Lipinski definition) is 2. The molecule has 1 saturated carbocycles. The van der Waals surface area contributed by atoms with E-state index in [1.807, 2.05) is 11.8 Å². The molecule has 24 heavy (non-hydrogen) atoms. The Hall–Kier alpha value is -1.35. The van der Waals surface area contributed by atoms with E-state index < -0.39 is 0 Å². The Morgan fingerprint density at radius 3 is 2.42 bits per heavy atom. The first kappa shape index (κ1) is 17.5. The fraction of sp³-hybridized carbons (Fsp3) is 0.667. The molecule has 1 saturated heterocycles. The van der Waals surface area contributed by atoms with Crippen LogP contribution in [-0.4, -0.2) is 36.6 Å².